The van der Waals surface area contributed by atoms with Crippen molar-refractivity contribution in [3.05, 3.63) is 0 Å². The molecule has 112 valence electrons. The van der Waals surface area contributed by atoms with E-state index in [0.717, 1.165) is 38.9 Å². The summed E-state index contributed by atoms with van der Waals surface area (Å²) in [7, 11) is 0. The van der Waals surface area contributed by atoms with Crippen LogP contribution >= 0.6 is 0 Å². The van der Waals surface area contributed by atoms with E-state index in [-0.39, 0.29) is 5.60 Å². The molecule has 2 fully saturated rings. The van der Waals surface area contributed by atoms with Crippen molar-refractivity contribution < 1.29 is 9.47 Å². The molecule has 0 aromatic heterocycles. The van der Waals surface area contributed by atoms with E-state index in [9.17, 15) is 0 Å². The van der Waals surface area contributed by atoms with Gasteiger partial charge in [0.2, 0.25) is 0 Å². The topological polar surface area (TPSA) is 30.5 Å². The fraction of sp³-hybridized carbons (Fsp3) is 1.00. The van der Waals surface area contributed by atoms with Gasteiger partial charge in [-0.25, -0.2) is 0 Å². The first-order valence-corrected chi connectivity index (χ1v) is 8.23. The monoisotopic (exact) mass is 269 g/mol. The van der Waals surface area contributed by atoms with Gasteiger partial charge in [0.05, 0.1) is 11.7 Å². The molecule has 19 heavy (non-hydrogen) atoms. The Hall–Kier alpha value is -0.120. The zero-order chi connectivity index (χ0) is 13.7. The van der Waals surface area contributed by atoms with Crippen LogP contribution in [0, 0.1) is 0 Å². The van der Waals surface area contributed by atoms with Crippen LogP contribution in [0.4, 0.5) is 0 Å². The maximum atomic E-state index is 6.06. The van der Waals surface area contributed by atoms with Crippen molar-refractivity contribution in [2.24, 2.45) is 0 Å². The fourth-order valence-electron chi connectivity index (χ4n) is 3.56. The lowest BCUT2D eigenvalue weighted by atomic mass is 9.85. The van der Waals surface area contributed by atoms with Gasteiger partial charge in [-0.2, -0.15) is 0 Å². The van der Waals surface area contributed by atoms with Gasteiger partial charge in [-0.05, 0) is 44.9 Å². The molecule has 3 heteroatoms. The summed E-state index contributed by atoms with van der Waals surface area (Å²) in [4.78, 5) is 0. The quantitative estimate of drug-likeness (QED) is 0.831. The second-order valence-electron chi connectivity index (χ2n) is 6.22. The molecule has 2 rings (SSSR count). The molecule has 3 nitrogen and oxygen atoms in total. The Bertz CT molecular complexity index is 265. The molecule has 0 spiro atoms. The van der Waals surface area contributed by atoms with Gasteiger partial charge in [0.1, 0.15) is 0 Å². The van der Waals surface area contributed by atoms with E-state index in [1.54, 1.807) is 0 Å². The van der Waals surface area contributed by atoms with Gasteiger partial charge >= 0.3 is 0 Å². The van der Waals surface area contributed by atoms with Crippen molar-refractivity contribution in [3.63, 3.8) is 0 Å². The molecule has 1 N–H and O–H groups in total. The van der Waals surface area contributed by atoms with Gasteiger partial charge in [-0.15, -0.1) is 0 Å². The first kappa shape index (κ1) is 15.3. The largest absolute Gasteiger partial charge is 0.378 e. The van der Waals surface area contributed by atoms with E-state index >= 15 is 0 Å². The summed E-state index contributed by atoms with van der Waals surface area (Å²) in [5.74, 6) is 0. The maximum Gasteiger partial charge on any atom is 0.0692 e. The van der Waals surface area contributed by atoms with Gasteiger partial charge in [0.15, 0.2) is 0 Å². The van der Waals surface area contributed by atoms with E-state index < -0.39 is 0 Å². The molecule has 0 saturated carbocycles. The highest BCUT2D eigenvalue weighted by molar-refractivity contribution is 4.90. The van der Waals surface area contributed by atoms with Crippen molar-refractivity contribution in [2.45, 2.75) is 89.5 Å². The molecule has 3 unspecified atom stereocenters. The zero-order valence-corrected chi connectivity index (χ0v) is 12.9. The molecule has 2 heterocycles. The third-order valence-electron chi connectivity index (χ3n) is 5.08. The van der Waals surface area contributed by atoms with Gasteiger partial charge in [0.25, 0.3) is 0 Å². The van der Waals surface area contributed by atoms with Crippen molar-refractivity contribution in [3.8, 4) is 0 Å². The summed E-state index contributed by atoms with van der Waals surface area (Å²) in [6.45, 7) is 8.58. The lowest BCUT2D eigenvalue weighted by molar-refractivity contribution is -0.0963. The molecule has 0 radical (unpaired) electrons. The van der Waals surface area contributed by atoms with Crippen molar-refractivity contribution >= 4 is 0 Å². The van der Waals surface area contributed by atoms with Crippen molar-refractivity contribution in [2.75, 3.05) is 13.2 Å². The Labute approximate surface area is 118 Å². The number of ether oxygens (including phenoxy) is 2. The minimum absolute atomic E-state index is 0.130. The lowest BCUT2D eigenvalue weighted by Gasteiger charge is -2.42. The highest BCUT2D eigenvalue weighted by atomic mass is 16.5. The number of hydrogen-bond acceptors (Lipinski definition) is 3. The molecule has 2 aliphatic rings. The standard InChI is InChI=1S/C16H31NO2/c1-4-15-11-13(7-9-18-15)17-14-8-10-19-16(5-2,6-3)12-14/h13-15,17H,4-12H2,1-3H3. The van der Waals surface area contributed by atoms with Crippen LogP contribution in [-0.4, -0.2) is 37.0 Å². The predicted molar refractivity (Wildman–Crippen MR) is 78.5 cm³/mol. The van der Waals surface area contributed by atoms with Gasteiger partial charge < -0.3 is 14.8 Å². The second-order valence-corrected chi connectivity index (χ2v) is 6.22. The molecule has 3 atom stereocenters. The van der Waals surface area contributed by atoms with E-state index in [0.29, 0.717) is 18.2 Å². The van der Waals surface area contributed by atoms with Crippen LogP contribution in [-0.2, 0) is 9.47 Å². The summed E-state index contributed by atoms with van der Waals surface area (Å²) in [5.41, 5.74) is 0.130. The molecule has 2 aliphatic heterocycles. The first-order valence-electron chi connectivity index (χ1n) is 8.23. The smallest absolute Gasteiger partial charge is 0.0692 e. The third kappa shape index (κ3) is 3.93. The van der Waals surface area contributed by atoms with Crippen LogP contribution in [0.25, 0.3) is 0 Å². The highest BCUT2D eigenvalue weighted by Gasteiger charge is 2.35. The van der Waals surface area contributed by atoms with Crippen LogP contribution in [0.2, 0.25) is 0 Å². The Morgan fingerprint density at radius 3 is 2.47 bits per heavy atom. The third-order valence-corrected chi connectivity index (χ3v) is 5.08. The lowest BCUT2D eigenvalue weighted by Crippen LogP contribution is -2.51. The molecule has 0 aliphatic carbocycles. The number of hydrogen-bond donors (Lipinski definition) is 1. The predicted octanol–water partition coefficient (Wildman–Crippen LogP) is 3.27. The molecule has 0 aromatic rings. The Kier molecular flexibility index (Phi) is 5.67. The Morgan fingerprint density at radius 1 is 1.05 bits per heavy atom. The molecule has 0 bridgehead atoms. The van der Waals surface area contributed by atoms with Crippen LogP contribution in [0.15, 0.2) is 0 Å². The molecule has 0 aromatic carbocycles. The van der Waals surface area contributed by atoms with Gasteiger partial charge in [0, 0.05) is 25.3 Å². The van der Waals surface area contributed by atoms with E-state index in [2.05, 4.69) is 26.1 Å². The average molecular weight is 269 g/mol. The molecule has 0 amide bonds. The van der Waals surface area contributed by atoms with Crippen LogP contribution in [0.3, 0.4) is 0 Å². The summed E-state index contributed by atoms with van der Waals surface area (Å²) in [6.07, 6.45) is 8.55. The minimum Gasteiger partial charge on any atom is -0.378 e. The van der Waals surface area contributed by atoms with Gasteiger partial charge in [-0.3, -0.25) is 0 Å². The molecular formula is C16H31NO2. The van der Waals surface area contributed by atoms with Crippen molar-refractivity contribution in [1.82, 2.24) is 5.32 Å². The van der Waals surface area contributed by atoms with E-state index in [4.69, 9.17) is 9.47 Å². The van der Waals surface area contributed by atoms with Crippen LogP contribution in [0.1, 0.15) is 65.7 Å². The minimum atomic E-state index is 0.130. The summed E-state index contributed by atoms with van der Waals surface area (Å²) >= 11 is 0. The summed E-state index contributed by atoms with van der Waals surface area (Å²) in [6, 6.07) is 1.28. The van der Waals surface area contributed by atoms with E-state index in [1.165, 1.54) is 19.3 Å². The van der Waals surface area contributed by atoms with E-state index in [1.807, 2.05) is 0 Å². The highest BCUT2D eigenvalue weighted by Crippen LogP contribution is 2.32. The average Bonchev–Trinajstić information content (AvgIpc) is 2.47. The van der Waals surface area contributed by atoms with Crippen molar-refractivity contribution in [1.29, 1.82) is 0 Å². The molecule has 2 saturated heterocycles. The summed E-state index contributed by atoms with van der Waals surface area (Å²) < 4.78 is 11.8. The Morgan fingerprint density at radius 2 is 1.79 bits per heavy atom. The summed E-state index contributed by atoms with van der Waals surface area (Å²) in [5, 5.41) is 3.89. The fourth-order valence-corrected chi connectivity index (χ4v) is 3.56. The Balaban J connectivity index is 1.85. The maximum absolute atomic E-state index is 6.06. The number of rotatable bonds is 5. The van der Waals surface area contributed by atoms with Crippen LogP contribution < -0.4 is 5.32 Å². The number of nitrogens with one attached hydrogen (secondary N) is 1. The first-order chi connectivity index (χ1) is 9.21. The zero-order valence-electron chi connectivity index (χ0n) is 12.9. The normalized spacial score (nSPS) is 35.2. The van der Waals surface area contributed by atoms with Gasteiger partial charge in [-0.1, -0.05) is 20.8 Å². The molecular weight excluding hydrogens is 238 g/mol. The second kappa shape index (κ2) is 7.05. The SMILES string of the molecule is CCC1CC(NC2CCOC(CC)(CC)C2)CCO1. The van der Waals surface area contributed by atoms with Crippen LogP contribution in [0.5, 0.6) is 0 Å².